The molecule has 2 heterocycles. The molecule has 0 radical (unpaired) electrons. The number of ketones is 1. The Labute approximate surface area is 106 Å². The lowest BCUT2D eigenvalue weighted by atomic mass is 9.89. The van der Waals surface area contributed by atoms with Crippen LogP contribution in [0.1, 0.15) is 20.8 Å². The minimum absolute atomic E-state index is 0.0139. The van der Waals surface area contributed by atoms with Gasteiger partial charge in [0.1, 0.15) is 11.4 Å². The minimum Gasteiger partial charge on any atom is -0.444 e. The van der Waals surface area contributed by atoms with E-state index in [9.17, 15) is 9.59 Å². The number of Topliss-reactive ketones (excluding diaryl/α,β-unsaturated/α-hetero) is 1. The molecular weight excluding hydrogens is 238 g/mol. The zero-order valence-electron chi connectivity index (χ0n) is 10.6. The molecule has 17 heavy (non-hydrogen) atoms. The van der Waals surface area contributed by atoms with E-state index >= 15 is 0 Å². The van der Waals surface area contributed by atoms with Crippen molar-refractivity contribution in [1.82, 2.24) is 4.90 Å². The zero-order valence-corrected chi connectivity index (χ0v) is 11.4. The highest BCUT2D eigenvalue weighted by Crippen LogP contribution is 2.30. The number of fused-ring (bicyclic) bond motifs is 2. The van der Waals surface area contributed by atoms with Crippen molar-refractivity contribution >= 4 is 23.6 Å². The predicted molar refractivity (Wildman–Crippen MR) is 67.1 cm³/mol. The Balaban J connectivity index is 2.00. The van der Waals surface area contributed by atoms with Gasteiger partial charge < -0.3 is 9.64 Å². The maximum atomic E-state index is 11.9. The van der Waals surface area contributed by atoms with E-state index in [-0.39, 0.29) is 17.9 Å². The van der Waals surface area contributed by atoms with E-state index in [4.69, 9.17) is 4.74 Å². The molecular formula is C12H19NO3S. The molecule has 2 bridgehead atoms. The largest absolute Gasteiger partial charge is 0.444 e. The number of nitrogens with zero attached hydrogens (tertiary/aromatic N) is 1. The SMILES string of the molecule is CC(C)(C)OC(=O)N1CC2CSCC(C1)C2=O. The van der Waals surface area contributed by atoms with E-state index in [1.54, 1.807) is 4.90 Å². The molecule has 2 saturated heterocycles. The van der Waals surface area contributed by atoms with E-state index in [0.29, 0.717) is 18.9 Å². The summed E-state index contributed by atoms with van der Waals surface area (Å²) in [7, 11) is 0. The van der Waals surface area contributed by atoms with Gasteiger partial charge in [-0.2, -0.15) is 11.8 Å². The summed E-state index contributed by atoms with van der Waals surface area (Å²) in [5, 5.41) is 0. The highest BCUT2D eigenvalue weighted by molar-refractivity contribution is 7.99. The number of carbonyl (C=O) groups is 2. The van der Waals surface area contributed by atoms with Crippen LogP contribution >= 0.6 is 11.8 Å². The third-order valence-corrected chi connectivity index (χ3v) is 4.25. The van der Waals surface area contributed by atoms with E-state index < -0.39 is 5.60 Å². The van der Waals surface area contributed by atoms with Crippen LogP contribution in [0.5, 0.6) is 0 Å². The number of carbonyl (C=O) groups excluding carboxylic acids is 2. The molecule has 2 aliphatic heterocycles. The van der Waals surface area contributed by atoms with Crippen LogP contribution < -0.4 is 0 Å². The van der Waals surface area contributed by atoms with Gasteiger partial charge in [-0.25, -0.2) is 4.79 Å². The van der Waals surface area contributed by atoms with Crippen LogP contribution in [0.15, 0.2) is 0 Å². The number of hydrogen-bond acceptors (Lipinski definition) is 4. The van der Waals surface area contributed by atoms with Crippen molar-refractivity contribution < 1.29 is 14.3 Å². The molecule has 1 amide bonds. The Morgan fingerprint density at radius 3 is 2.29 bits per heavy atom. The molecule has 0 aromatic rings. The van der Waals surface area contributed by atoms with Crippen LogP contribution in [0.3, 0.4) is 0 Å². The first-order valence-corrected chi connectivity index (χ1v) is 7.11. The topological polar surface area (TPSA) is 46.6 Å². The summed E-state index contributed by atoms with van der Waals surface area (Å²) < 4.78 is 5.35. The fraction of sp³-hybridized carbons (Fsp3) is 0.833. The first-order valence-electron chi connectivity index (χ1n) is 5.96. The fourth-order valence-electron chi connectivity index (χ4n) is 2.22. The second-order valence-electron chi connectivity index (χ2n) is 5.72. The summed E-state index contributed by atoms with van der Waals surface area (Å²) in [6.07, 6.45) is -0.285. The van der Waals surface area contributed by atoms with Gasteiger partial charge in [-0.15, -0.1) is 0 Å². The highest BCUT2D eigenvalue weighted by atomic mass is 32.2. The molecule has 2 unspecified atom stereocenters. The third-order valence-electron chi connectivity index (χ3n) is 2.98. The van der Waals surface area contributed by atoms with Crippen LogP contribution in [0.2, 0.25) is 0 Å². The first-order chi connectivity index (χ1) is 7.87. The normalized spacial score (nSPS) is 29.1. The molecule has 0 aliphatic carbocycles. The number of piperidine rings is 1. The Morgan fingerprint density at radius 1 is 1.29 bits per heavy atom. The van der Waals surface area contributed by atoms with Crippen molar-refractivity contribution in [2.45, 2.75) is 26.4 Å². The number of likely N-dealkylation sites (tertiary alicyclic amines) is 1. The lowest BCUT2D eigenvalue weighted by molar-refractivity contribution is -0.129. The molecule has 4 nitrogen and oxygen atoms in total. The van der Waals surface area contributed by atoms with Crippen LogP contribution in [0, 0.1) is 11.8 Å². The molecule has 96 valence electrons. The predicted octanol–water partition coefficient (Wildman–Crippen LogP) is 1.79. The van der Waals surface area contributed by atoms with Crippen molar-refractivity contribution in [3.63, 3.8) is 0 Å². The Kier molecular flexibility index (Phi) is 3.39. The van der Waals surface area contributed by atoms with Gasteiger partial charge in [-0.3, -0.25) is 4.79 Å². The van der Waals surface area contributed by atoms with Gasteiger partial charge in [0.05, 0.1) is 0 Å². The van der Waals surface area contributed by atoms with Crippen molar-refractivity contribution in [2.75, 3.05) is 24.6 Å². The van der Waals surface area contributed by atoms with Crippen LogP contribution in [-0.4, -0.2) is 47.0 Å². The average molecular weight is 257 g/mol. The summed E-state index contributed by atoms with van der Waals surface area (Å²) in [6, 6.07) is 0. The van der Waals surface area contributed by atoms with Crippen LogP contribution in [-0.2, 0) is 9.53 Å². The second-order valence-corrected chi connectivity index (χ2v) is 6.79. The summed E-state index contributed by atoms with van der Waals surface area (Å²) in [4.78, 5) is 25.5. The van der Waals surface area contributed by atoms with Gasteiger partial charge in [0.2, 0.25) is 0 Å². The number of rotatable bonds is 0. The average Bonchev–Trinajstić information content (AvgIpc) is 2.13. The van der Waals surface area contributed by atoms with Gasteiger partial charge in [-0.1, -0.05) is 0 Å². The van der Waals surface area contributed by atoms with Gasteiger partial charge in [0.25, 0.3) is 0 Å². The summed E-state index contributed by atoms with van der Waals surface area (Å²) in [5.74, 6) is 2.05. The Morgan fingerprint density at radius 2 is 1.82 bits per heavy atom. The van der Waals surface area contributed by atoms with Crippen molar-refractivity contribution in [3.05, 3.63) is 0 Å². The second kappa shape index (κ2) is 4.52. The number of thioether (sulfide) groups is 1. The van der Waals surface area contributed by atoms with E-state index in [1.807, 2.05) is 32.5 Å². The maximum absolute atomic E-state index is 11.9. The quantitative estimate of drug-likeness (QED) is 0.663. The van der Waals surface area contributed by atoms with Gasteiger partial charge in [0, 0.05) is 36.4 Å². The first kappa shape index (κ1) is 12.7. The molecule has 2 aliphatic rings. The third kappa shape index (κ3) is 2.94. The Hall–Kier alpha value is -0.710. The molecule has 5 heteroatoms. The van der Waals surface area contributed by atoms with E-state index in [0.717, 1.165) is 11.5 Å². The smallest absolute Gasteiger partial charge is 0.410 e. The lowest BCUT2D eigenvalue weighted by Gasteiger charge is -2.40. The monoisotopic (exact) mass is 257 g/mol. The number of hydrogen-bond donors (Lipinski definition) is 0. The van der Waals surface area contributed by atoms with E-state index in [1.165, 1.54) is 0 Å². The number of ether oxygens (including phenoxy) is 1. The van der Waals surface area contributed by atoms with Crippen molar-refractivity contribution in [3.8, 4) is 0 Å². The molecule has 2 fully saturated rings. The summed E-state index contributed by atoms with van der Waals surface area (Å²) >= 11 is 1.82. The van der Waals surface area contributed by atoms with Gasteiger partial charge in [0.15, 0.2) is 0 Å². The van der Waals surface area contributed by atoms with Gasteiger partial charge in [-0.05, 0) is 20.8 Å². The molecule has 2 rings (SSSR count). The van der Waals surface area contributed by atoms with Gasteiger partial charge >= 0.3 is 6.09 Å². The molecule has 0 N–H and O–H groups in total. The van der Waals surface area contributed by atoms with E-state index in [2.05, 4.69) is 0 Å². The van der Waals surface area contributed by atoms with Crippen molar-refractivity contribution in [2.24, 2.45) is 11.8 Å². The molecule has 0 aromatic carbocycles. The van der Waals surface area contributed by atoms with Crippen LogP contribution in [0.25, 0.3) is 0 Å². The van der Waals surface area contributed by atoms with Crippen LogP contribution in [0.4, 0.5) is 4.79 Å². The Bertz CT molecular complexity index is 321. The molecule has 0 spiro atoms. The lowest BCUT2D eigenvalue weighted by Crippen LogP contribution is -2.53. The standard InChI is InChI=1S/C12H19NO3S/c1-12(2,3)16-11(15)13-4-8-6-17-7-9(5-13)10(8)14/h8-9H,4-7H2,1-3H3. The fourth-order valence-corrected chi connectivity index (χ4v) is 3.46. The van der Waals surface area contributed by atoms with Crippen molar-refractivity contribution in [1.29, 1.82) is 0 Å². The molecule has 2 atom stereocenters. The number of amides is 1. The zero-order chi connectivity index (χ0) is 12.6. The minimum atomic E-state index is -0.470. The molecule has 0 aromatic heterocycles. The summed E-state index contributed by atoms with van der Waals surface area (Å²) in [6.45, 7) is 6.62. The molecule has 0 saturated carbocycles. The summed E-state index contributed by atoms with van der Waals surface area (Å²) in [5.41, 5.74) is -0.470. The maximum Gasteiger partial charge on any atom is 0.410 e. The highest BCUT2D eigenvalue weighted by Gasteiger charge is 2.40.